The van der Waals surface area contributed by atoms with E-state index in [1.54, 1.807) is 18.9 Å². The first-order chi connectivity index (χ1) is 7.26. The van der Waals surface area contributed by atoms with Crippen LogP contribution in [0.15, 0.2) is 23.1 Å². The number of aliphatic hydroxyl groups excluding tert-OH is 1. The minimum atomic E-state index is 0.203. The highest BCUT2D eigenvalue weighted by Crippen LogP contribution is 2.38. The molecule has 0 saturated heterocycles. The number of aliphatic hydroxyl groups is 1. The van der Waals surface area contributed by atoms with Gasteiger partial charge in [-0.3, -0.25) is 0 Å². The molecule has 2 rings (SSSR count). The first kappa shape index (κ1) is 10.6. The van der Waals surface area contributed by atoms with Gasteiger partial charge in [0.15, 0.2) is 0 Å². The Morgan fingerprint density at radius 3 is 3.07 bits per heavy atom. The van der Waals surface area contributed by atoms with Crippen LogP contribution >= 0.6 is 11.8 Å². The summed E-state index contributed by atoms with van der Waals surface area (Å²) < 4.78 is 5.19. The van der Waals surface area contributed by atoms with Crippen LogP contribution in [0.25, 0.3) is 0 Å². The van der Waals surface area contributed by atoms with Gasteiger partial charge in [0.1, 0.15) is 5.75 Å². The van der Waals surface area contributed by atoms with Crippen molar-refractivity contribution in [2.75, 3.05) is 31.4 Å². The highest BCUT2D eigenvalue weighted by Gasteiger charge is 2.23. The smallest absolute Gasteiger partial charge is 0.120 e. The Morgan fingerprint density at radius 1 is 1.60 bits per heavy atom. The molecule has 0 aromatic heterocycles. The predicted molar refractivity (Wildman–Crippen MR) is 63.0 cm³/mol. The highest BCUT2D eigenvalue weighted by atomic mass is 32.2. The van der Waals surface area contributed by atoms with E-state index in [0.29, 0.717) is 0 Å². The number of anilines is 1. The van der Waals surface area contributed by atoms with Crippen LogP contribution in [-0.4, -0.2) is 37.7 Å². The van der Waals surface area contributed by atoms with E-state index < -0.39 is 0 Å². The molecule has 1 aromatic rings. The summed E-state index contributed by atoms with van der Waals surface area (Å²) in [7, 11) is 3.70. The molecule has 1 aliphatic heterocycles. The van der Waals surface area contributed by atoms with Crippen molar-refractivity contribution in [2.24, 2.45) is 0 Å². The second kappa shape index (κ2) is 4.33. The molecule has 0 bridgehead atoms. The normalized spacial score (nSPS) is 19.9. The maximum absolute atomic E-state index is 9.21. The maximum atomic E-state index is 9.21. The number of ether oxygens (including phenoxy) is 1. The van der Waals surface area contributed by atoms with Crippen LogP contribution in [-0.2, 0) is 0 Å². The van der Waals surface area contributed by atoms with Crippen molar-refractivity contribution in [1.82, 2.24) is 0 Å². The molecule has 0 spiro atoms. The van der Waals surface area contributed by atoms with Crippen LogP contribution in [0, 0.1) is 0 Å². The lowest BCUT2D eigenvalue weighted by Crippen LogP contribution is -2.39. The predicted octanol–water partition coefficient (Wildman–Crippen LogP) is 1.60. The molecular formula is C11H15NO2S. The van der Waals surface area contributed by atoms with Gasteiger partial charge in [-0.25, -0.2) is 0 Å². The zero-order chi connectivity index (χ0) is 10.8. The van der Waals surface area contributed by atoms with E-state index in [9.17, 15) is 5.11 Å². The van der Waals surface area contributed by atoms with Crippen molar-refractivity contribution in [3.63, 3.8) is 0 Å². The summed E-state index contributed by atoms with van der Waals surface area (Å²) in [5.74, 6) is 1.81. The fraction of sp³-hybridized carbons (Fsp3) is 0.455. The van der Waals surface area contributed by atoms with E-state index in [1.807, 2.05) is 25.2 Å². The van der Waals surface area contributed by atoms with Crippen molar-refractivity contribution in [1.29, 1.82) is 0 Å². The molecule has 0 radical (unpaired) electrons. The first-order valence-corrected chi connectivity index (χ1v) is 5.89. The summed E-state index contributed by atoms with van der Waals surface area (Å²) in [6.45, 7) is 0.203. The highest BCUT2D eigenvalue weighted by molar-refractivity contribution is 7.99. The fourth-order valence-corrected chi connectivity index (χ4v) is 2.96. The van der Waals surface area contributed by atoms with Crippen LogP contribution in [0.3, 0.4) is 0 Å². The molecule has 1 atom stereocenters. The Bertz CT molecular complexity index is 356. The monoisotopic (exact) mass is 225 g/mol. The summed E-state index contributed by atoms with van der Waals surface area (Å²) >= 11 is 1.77. The van der Waals surface area contributed by atoms with Crippen molar-refractivity contribution in [2.45, 2.75) is 10.9 Å². The molecule has 1 heterocycles. The minimum Gasteiger partial charge on any atom is -0.497 e. The van der Waals surface area contributed by atoms with Gasteiger partial charge in [-0.15, -0.1) is 11.8 Å². The van der Waals surface area contributed by atoms with Crippen LogP contribution in [0.5, 0.6) is 5.75 Å². The molecule has 1 unspecified atom stereocenters. The number of hydrogen-bond donors (Lipinski definition) is 1. The Kier molecular flexibility index (Phi) is 3.07. The van der Waals surface area contributed by atoms with Crippen LogP contribution in [0.2, 0.25) is 0 Å². The lowest BCUT2D eigenvalue weighted by atomic mass is 10.2. The molecular weight excluding hydrogens is 210 g/mol. The fourth-order valence-electron chi connectivity index (χ4n) is 1.70. The quantitative estimate of drug-likeness (QED) is 0.828. The molecule has 0 saturated carbocycles. The number of thioether (sulfide) groups is 1. The van der Waals surface area contributed by atoms with Gasteiger partial charge in [-0.2, -0.15) is 0 Å². The van der Waals surface area contributed by atoms with Gasteiger partial charge in [0.05, 0.1) is 25.4 Å². The Labute approximate surface area is 94.0 Å². The topological polar surface area (TPSA) is 32.7 Å². The van der Waals surface area contributed by atoms with Gasteiger partial charge in [0.25, 0.3) is 0 Å². The zero-order valence-corrected chi connectivity index (χ0v) is 9.75. The lowest BCUT2D eigenvalue weighted by Gasteiger charge is -2.34. The van der Waals surface area contributed by atoms with Gasteiger partial charge in [0.2, 0.25) is 0 Å². The molecule has 1 aliphatic rings. The van der Waals surface area contributed by atoms with Gasteiger partial charge in [-0.1, -0.05) is 0 Å². The van der Waals surface area contributed by atoms with E-state index >= 15 is 0 Å². The molecule has 0 amide bonds. The van der Waals surface area contributed by atoms with E-state index in [4.69, 9.17) is 4.74 Å². The first-order valence-electron chi connectivity index (χ1n) is 4.90. The molecule has 82 valence electrons. The van der Waals surface area contributed by atoms with Crippen molar-refractivity contribution < 1.29 is 9.84 Å². The zero-order valence-electron chi connectivity index (χ0n) is 8.93. The number of hydrogen-bond acceptors (Lipinski definition) is 4. The van der Waals surface area contributed by atoms with Crippen molar-refractivity contribution in [3.8, 4) is 5.75 Å². The summed E-state index contributed by atoms with van der Waals surface area (Å²) in [5.41, 5.74) is 1.17. The summed E-state index contributed by atoms with van der Waals surface area (Å²) in [6, 6.07) is 6.26. The van der Waals surface area contributed by atoms with E-state index in [1.165, 1.54) is 10.6 Å². The number of fused-ring (bicyclic) bond motifs is 1. The Hall–Kier alpha value is -0.870. The average molecular weight is 225 g/mol. The van der Waals surface area contributed by atoms with E-state index in [0.717, 1.165) is 11.5 Å². The Balaban J connectivity index is 2.33. The van der Waals surface area contributed by atoms with Crippen LogP contribution in [0.4, 0.5) is 5.69 Å². The second-order valence-electron chi connectivity index (χ2n) is 3.59. The van der Waals surface area contributed by atoms with Gasteiger partial charge >= 0.3 is 0 Å². The Morgan fingerprint density at radius 2 is 2.40 bits per heavy atom. The molecule has 0 fully saturated rings. The van der Waals surface area contributed by atoms with Crippen LogP contribution in [0.1, 0.15) is 0 Å². The molecule has 0 aliphatic carbocycles. The summed E-state index contributed by atoms with van der Waals surface area (Å²) in [4.78, 5) is 3.35. The number of benzene rings is 1. The second-order valence-corrected chi connectivity index (χ2v) is 4.65. The number of likely N-dealkylation sites (N-methyl/N-ethyl adjacent to an activating group) is 1. The van der Waals surface area contributed by atoms with Crippen molar-refractivity contribution in [3.05, 3.63) is 18.2 Å². The summed E-state index contributed by atoms with van der Waals surface area (Å²) in [6.07, 6.45) is 0. The third-order valence-electron chi connectivity index (χ3n) is 2.74. The number of methoxy groups -OCH3 is 1. The van der Waals surface area contributed by atoms with Gasteiger partial charge in [-0.05, 0) is 18.2 Å². The van der Waals surface area contributed by atoms with Gasteiger partial charge in [0, 0.05) is 17.7 Å². The number of rotatable bonds is 2. The molecule has 3 nitrogen and oxygen atoms in total. The summed E-state index contributed by atoms with van der Waals surface area (Å²) in [5, 5.41) is 9.21. The largest absolute Gasteiger partial charge is 0.497 e. The SMILES string of the molecule is COc1ccc2c(c1)SCC(CO)N2C. The minimum absolute atomic E-state index is 0.203. The number of nitrogens with zero attached hydrogens (tertiary/aromatic N) is 1. The van der Waals surface area contributed by atoms with E-state index in [2.05, 4.69) is 4.90 Å². The third-order valence-corrected chi connectivity index (χ3v) is 3.93. The standard InChI is InChI=1S/C11H15NO2S/c1-12-8(6-13)7-15-11-5-9(14-2)3-4-10(11)12/h3-5,8,13H,6-7H2,1-2H3. The van der Waals surface area contributed by atoms with E-state index in [-0.39, 0.29) is 12.6 Å². The van der Waals surface area contributed by atoms with Crippen LogP contribution < -0.4 is 9.64 Å². The molecule has 1 N–H and O–H groups in total. The van der Waals surface area contributed by atoms with Gasteiger partial charge < -0.3 is 14.7 Å². The molecule has 4 heteroatoms. The lowest BCUT2D eigenvalue weighted by molar-refractivity contribution is 0.271. The average Bonchev–Trinajstić information content (AvgIpc) is 2.29. The van der Waals surface area contributed by atoms with Crippen molar-refractivity contribution >= 4 is 17.4 Å². The molecule has 1 aromatic carbocycles. The molecule has 15 heavy (non-hydrogen) atoms. The third kappa shape index (κ3) is 1.92. The maximum Gasteiger partial charge on any atom is 0.120 e.